The summed E-state index contributed by atoms with van der Waals surface area (Å²) in [6.07, 6.45) is 3.73. The van der Waals surface area contributed by atoms with Gasteiger partial charge in [0.15, 0.2) is 10.2 Å². The van der Waals surface area contributed by atoms with Crippen molar-refractivity contribution in [3.63, 3.8) is 0 Å². The highest BCUT2D eigenvalue weighted by atomic mass is 32.1. The van der Waals surface area contributed by atoms with E-state index >= 15 is 0 Å². The molecule has 2 amide bonds. The van der Waals surface area contributed by atoms with Gasteiger partial charge in [-0.25, -0.2) is 4.98 Å². The minimum absolute atomic E-state index is 0.0547. The van der Waals surface area contributed by atoms with Crippen molar-refractivity contribution in [3.05, 3.63) is 88.3 Å². The second-order valence-electron chi connectivity index (χ2n) is 12.8. The molecular weight excluding hydrogens is 556 g/mol. The zero-order valence-corrected chi connectivity index (χ0v) is 27.6. The largest absolute Gasteiger partial charge is 0.478 e. The number of carbonyl (C=O) groups is 2. The summed E-state index contributed by atoms with van der Waals surface area (Å²) in [6.45, 7) is 22.4. The number of aromatic nitrogens is 1. The summed E-state index contributed by atoms with van der Waals surface area (Å²) in [5.41, 5.74) is 6.84. The molecule has 1 unspecified atom stereocenters. The Hall–Kier alpha value is -3.65. The number of hydrogen-bond donors (Lipinski definition) is 1. The van der Waals surface area contributed by atoms with Gasteiger partial charge in [0.05, 0.1) is 6.20 Å². The van der Waals surface area contributed by atoms with Crippen LogP contribution in [0.25, 0.3) is 0 Å². The summed E-state index contributed by atoms with van der Waals surface area (Å²) in [6, 6.07) is 11.8. The zero-order valence-electron chi connectivity index (χ0n) is 26.8. The Morgan fingerprint density at radius 2 is 1.70 bits per heavy atom. The SMILES string of the molecule is C=C(C)N1CCN(C(=O)c2cc(COc3cnc(NC(=O)c4ccc(CCC(C)C(C)(C)C)cc4)s3)cc(C)c2C)CC1. The van der Waals surface area contributed by atoms with Crippen molar-refractivity contribution in [2.75, 3.05) is 31.5 Å². The number of ether oxygens (including phenoxy) is 1. The smallest absolute Gasteiger partial charge is 0.257 e. The van der Waals surface area contributed by atoms with E-state index < -0.39 is 0 Å². The van der Waals surface area contributed by atoms with E-state index in [-0.39, 0.29) is 17.2 Å². The van der Waals surface area contributed by atoms with E-state index in [0.717, 1.165) is 53.9 Å². The molecular formula is C35H46N4O3S. The summed E-state index contributed by atoms with van der Waals surface area (Å²) in [4.78, 5) is 34.7. The quantitative estimate of drug-likeness (QED) is 0.260. The highest BCUT2D eigenvalue weighted by Gasteiger charge is 2.24. The minimum atomic E-state index is -0.197. The van der Waals surface area contributed by atoms with Crippen LogP contribution in [0.4, 0.5) is 5.13 Å². The van der Waals surface area contributed by atoms with Crippen LogP contribution >= 0.6 is 11.3 Å². The van der Waals surface area contributed by atoms with E-state index in [1.807, 2.05) is 56.0 Å². The van der Waals surface area contributed by atoms with Crippen LogP contribution in [0, 0.1) is 25.2 Å². The van der Waals surface area contributed by atoms with Crippen LogP contribution in [0.15, 0.2) is 54.9 Å². The molecule has 1 saturated heterocycles. The molecule has 1 aliphatic rings. The lowest BCUT2D eigenvalue weighted by atomic mass is 9.79. The van der Waals surface area contributed by atoms with Crippen molar-refractivity contribution >= 4 is 28.3 Å². The van der Waals surface area contributed by atoms with Gasteiger partial charge in [-0.1, -0.05) is 63.8 Å². The first-order valence-electron chi connectivity index (χ1n) is 15.1. The number of nitrogens with one attached hydrogen (secondary N) is 1. The van der Waals surface area contributed by atoms with Gasteiger partial charge in [-0.3, -0.25) is 14.9 Å². The van der Waals surface area contributed by atoms with Gasteiger partial charge in [0, 0.05) is 43.0 Å². The Morgan fingerprint density at radius 1 is 1.05 bits per heavy atom. The van der Waals surface area contributed by atoms with Crippen LogP contribution in [-0.2, 0) is 13.0 Å². The van der Waals surface area contributed by atoms with Gasteiger partial charge < -0.3 is 14.5 Å². The Labute approximate surface area is 261 Å². The average Bonchev–Trinajstić information content (AvgIpc) is 3.42. The van der Waals surface area contributed by atoms with Crippen molar-refractivity contribution < 1.29 is 14.3 Å². The van der Waals surface area contributed by atoms with Crippen molar-refractivity contribution in [3.8, 4) is 5.06 Å². The number of allylic oxidation sites excluding steroid dienone is 1. The molecule has 7 nitrogen and oxygen atoms in total. The van der Waals surface area contributed by atoms with Gasteiger partial charge in [0.25, 0.3) is 11.8 Å². The first kappa shape index (κ1) is 32.3. The van der Waals surface area contributed by atoms with Crippen LogP contribution in [0.2, 0.25) is 0 Å². The standard InChI is InChI=1S/C35H46N4O3S/c1-23(2)38-15-17-39(18-16-38)33(41)30-20-28(19-24(3)26(30)5)22-42-31-21-36-34(43-31)37-32(40)29-13-11-27(12-14-29)10-9-25(4)35(6,7)8/h11-14,19-21,25H,1,9-10,15-18,22H2,2-8H3,(H,36,37,40). The van der Waals surface area contributed by atoms with E-state index in [1.54, 1.807) is 6.20 Å². The van der Waals surface area contributed by atoms with Crippen molar-refractivity contribution in [1.82, 2.24) is 14.8 Å². The van der Waals surface area contributed by atoms with Crippen LogP contribution < -0.4 is 10.1 Å². The van der Waals surface area contributed by atoms with Crippen molar-refractivity contribution in [2.24, 2.45) is 11.3 Å². The first-order valence-corrected chi connectivity index (χ1v) is 15.9. The number of aryl methyl sites for hydroxylation is 2. The summed E-state index contributed by atoms with van der Waals surface area (Å²) in [5.74, 6) is 0.473. The number of benzene rings is 2. The van der Waals surface area contributed by atoms with Crippen LogP contribution in [0.1, 0.15) is 84.0 Å². The summed E-state index contributed by atoms with van der Waals surface area (Å²) in [7, 11) is 0. The number of piperazine rings is 1. The molecule has 43 heavy (non-hydrogen) atoms. The van der Waals surface area contributed by atoms with Gasteiger partial charge in [-0.2, -0.15) is 0 Å². The zero-order chi connectivity index (χ0) is 31.3. The fourth-order valence-electron chi connectivity index (χ4n) is 5.05. The molecule has 1 fully saturated rings. The monoisotopic (exact) mass is 602 g/mol. The lowest BCUT2D eigenvalue weighted by molar-refractivity contribution is 0.0669. The van der Waals surface area contributed by atoms with Gasteiger partial charge in [-0.05, 0) is 85.4 Å². The molecule has 2 heterocycles. The highest BCUT2D eigenvalue weighted by molar-refractivity contribution is 7.17. The van der Waals surface area contributed by atoms with E-state index in [1.165, 1.54) is 16.9 Å². The van der Waals surface area contributed by atoms with E-state index in [0.29, 0.717) is 41.4 Å². The molecule has 8 heteroatoms. The number of thiazole rings is 1. The molecule has 4 rings (SSSR count). The van der Waals surface area contributed by atoms with Gasteiger partial charge >= 0.3 is 0 Å². The molecule has 1 N–H and O–H groups in total. The Balaban J connectivity index is 1.32. The number of rotatable bonds is 10. The number of nitrogens with zero attached hydrogens (tertiary/aromatic N) is 3. The van der Waals surface area contributed by atoms with E-state index in [4.69, 9.17) is 4.74 Å². The van der Waals surface area contributed by atoms with Crippen LogP contribution in [0.3, 0.4) is 0 Å². The fraction of sp³-hybridized carbons (Fsp3) is 0.457. The number of anilines is 1. The number of amides is 2. The molecule has 1 aliphatic heterocycles. The highest BCUT2D eigenvalue weighted by Crippen LogP contribution is 2.30. The topological polar surface area (TPSA) is 74.8 Å². The molecule has 0 radical (unpaired) electrons. The Bertz CT molecular complexity index is 1450. The van der Waals surface area contributed by atoms with Gasteiger partial charge in [-0.15, -0.1) is 0 Å². The van der Waals surface area contributed by atoms with E-state index in [2.05, 4.69) is 55.5 Å². The molecule has 0 bridgehead atoms. The summed E-state index contributed by atoms with van der Waals surface area (Å²) in [5, 5.41) is 3.96. The normalized spacial score (nSPS) is 14.4. The third kappa shape index (κ3) is 8.47. The third-order valence-corrected chi connectivity index (χ3v) is 9.54. The lowest BCUT2D eigenvalue weighted by Gasteiger charge is -2.36. The van der Waals surface area contributed by atoms with Gasteiger partial charge in [0.2, 0.25) is 0 Å². The van der Waals surface area contributed by atoms with Crippen LogP contribution in [-0.4, -0.2) is 52.8 Å². The van der Waals surface area contributed by atoms with Crippen molar-refractivity contribution in [2.45, 2.75) is 67.9 Å². The summed E-state index contributed by atoms with van der Waals surface area (Å²) >= 11 is 1.28. The second kappa shape index (κ2) is 13.8. The molecule has 230 valence electrons. The maximum Gasteiger partial charge on any atom is 0.257 e. The number of hydrogen-bond acceptors (Lipinski definition) is 6. The Morgan fingerprint density at radius 3 is 2.33 bits per heavy atom. The maximum atomic E-state index is 13.4. The van der Waals surface area contributed by atoms with Crippen molar-refractivity contribution in [1.29, 1.82) is 0 Å². The second-order valence-corrected chi connectivity index (χ2v) is 13.8. The minimum Gasteiger partial charge on any atom is -0.478 e. The lowest BCUT2D eigenvalue weighted by Crippen LogP contribution is -2.48. The first-order chi connectivity index (χ1) is 20.3. The summed E-state index contributed by atoms with van der Waals surface area (Å²) < 4.78 is 6.02. The molecule has 0 saturated carbocycles. The molecule has 0 spiro atoms. The molecule has 1 atom stereocenters. The third-order valence-electron chi connectivity index (χ3n) is 8.71. The molecule has 3 aromatic rings. The Kier molecular flexibility index (Phi) is 10.3. The predicted octanol–water partition coefficient (Wildman–Crippen LogP) is 7.50. The van der Waals surface area contributed by atoms with Gasteiger partial charge in [0.1, 0.15) is 6.61 Å². The molecule has 1 aromatic heterocycles. The molecule has 0 aliphatic carbocycles. The average molecular weight is 603 g/mol. The van der Waals surface area contributed by atoms with Crippen LogP contribution in [0.5, 0.6) is 5.06 Å². The maximum absolute atomic E-state index is 13.4. The molecule has 2 aromatic carbocycles. The predicted molar refractivity (Wildman–Crippen MR) is 176 cm³/mol. The number of carbonyl (C=O) groups excluding carboxylic acids is 2. The van der Waals surface area contributed by atoms with E-state index in [9.17, 15) is 9.59 Å². The fourth-order valence-corrected chi connectivity index (χ4v) is 5.71.